The van der Waals surface area contributed by atoms with Gasteiger partial charge in [0.15, 0.2) is 0 Å². The molecule has 1 saturated heterocycles. The molecule has 3 aliphatic rings. The zero-order chi connectivity index (χ0) is 11.0. The van der Waals surface area contributed by atoms with Crippen LogP contribution in [0, 0.1) is 23.7 Å². The normalized spacial score (nSPS) is 41.4. The molecule has 4 atom stereocenters. The predicted octanol–water partition coefficient (Wildman–Crippen LogP) is 2.57. The van der Waals surface area contributed by atoms with Crippen molar-refractivity contribution < 1.29 is 4.74 Å². The second kappa shape index (κ2) is 4.66. The van der Waals surface area contributed by atoms with E-state index in [1.165, 1.54) is 44.9 Å². The maximum atomic E-state index is 6.40. The topological polar surface area (TPSA) is 35.2 Å². The quantitative estimate of drug-likeness (QED) is 0.798. The first kappa shape index (κ1) is 11.0. The molecule has 3 rings (SSSR count). The second-order valence-electron chi connectivity index (χ2n) is 6.28. The molecule has 92 valence electrons. The van der Waals surface area contributed by atoms with Crippen LogP contribution in [0.15, 0.2) is 0 Å². The van der Waals surface area contributed by atoms with Gasteiger partial charge in [0.1, 0.15) is 0 Å². The summed E-state index contributed by atoms with van der Waals surface area (Å²) in [5.41, 5.74) is 6.40. The Bertz CT molecular complexity index is 237. The largest absolute Gasteiger partial charge is 0.381 e. The SMILES string of the molecule is NC(CC1CC2CCC1C2)C1CCOCC1. The van der Waals surface area contributed by atoms with Crippen molar-refractivity contribution in [3.05, 3.63) is 0 Å². The van der Waals surface area contributed by atoms with E-state index in [0.717, 1.165) is 36.9 Å². The minimum absolute atomic E-state index is 0.452. The van der Waals surface area contributed by atoms with E-state index in [2.05, 4.69) is 0 Å². The van der Waals surface area contributed by atoms with Gasteiger partial charge in [0.2, 0.25) is 0 Å². The van der Waals surface area contributed by atoms with Crippen LogP contribution in [0.1, 0.15) is 44.9 Å². The Morgan fingerprint density at radius 1 is 1.06 bits per heavy atom. The number of fused-ring (bicyclic) bond motifs is 2. The first-order valence-electron chi connectivity index (χ1n) is 7.16. The zero-order valence-electron chi connectivity index (χ0n) is 10.2. The Morgan fingerprint density at radius 2 is 1.88 bits per heavy atom. The van der Waals surface area contributed by atoms with Crippen molar-refractivity contribution in [2.75, 3.05) is 13.2 Å². The standard InChI is InChI=1S/C14H25NO/c15-14(11-3-5-16-6-4-11)9-13-8-10-1-2-12(13)7-10/h10-14H,1-9,15H2. The van der Waals surface area contributed by atoms with Crippen molar-refractivity contribution in [1.82, 2.24) is 0 Å². The van der Waals surface area contributed by atoms with Crippen molar-refractivity contribution in [1.29, 1.82) is 0 Å². The van der Waals surface area contributed by atoms with E-state index < -0.39 is 0 Å². The Labute approximate surface area is 98.9 Å². The van der Waals surface area contributed by atoms with Crippen LogP contribution >= 0.6 is 0 Å². The van der Waals surface area contributed by atoms with Crippen molar-refractivity contribution in [2.45, 2.75) is 51.0 Å². The average Bonchev–Trinajstić information content (AvgIpc) is 2.92. The molecule has 0 amide bonds. The fourth-order valence-corrected chi connectivity index (χ4v) is 4.35. The smallest absolute Gasteiger partial charge is 0.0469 e. The maximum absolute atomic E-state index is 6.40. The van der Waals surface area contributed by atoms with Crippen LogP contribution in [-0.4, -0.2) is 19.3 Å². The van der Waals surface area contributed by atoms with Gasteiger partial charge in [0, 0.05) is 19.3 Å². The highest BCUT2D eigenvalue weighted by Crippen LogP contribution is 2.50. The van der Waals surface area contributed by atoms with Gasteiger partial charge in [-0.25, -0.2) is 0 Å². The first-order chi connectivity index (χ1) is 7.83. The van der Waals surface area contributed by atoms with Crippen LogP contribution < -0.4 is 5.73 Å². The maximum Gasteiger partial charge on any atom is 0.0469 e. The second-order valence-corrected chi connectivity index (χ2v) is 6.28. The van der Waals surface area contributed by atoms with Gasteiger partial charge in [0.25, 0.3) is 0 Å². The van der Waals surface area contributed by atoms with E-state index in [9.17, 15) is 0 Å². The molecule has 0 aromatic carbocycles. The third-order valence-corrected chi connectivity index (χ3v) is 5.33. The number of hydrogen-bond donors (Lipinski definition) is 1. The van der Waals surface area contributed by atoms with Crippen molar-refractivity contribution in [3.8, 4) is 0 Å². The number of nitrogens with two attached hydrogens (primary N) is 1. The van der Waals surface area contributed by atoms with Gasteiger partial charge in [-0.3, -0.25) is 0 Å². The zero-order valence-corrected chi connectivity index (χ0v) is 10.2. The molecule has 2 bridgehead atoms. The number of rotatable bonds is 3. The molecule has 0 aromatic heterocycles. The van der Waals surface area contributed by atoms with Crippen LogP contribution in [0.4, 0.5) is 0 Å². The summed E-state index contributed by atoms with van der Waals surface area (Å²) in [5, 5.41) is 0. The Morgan fingerprint density at radius 3 is 2.50 bits per heavy atom. The van der Waals surface area contributed by atoms with Gasteiger partial charge in [-0.15, -0.1) is 0 Å². The van der Waals surface area contributed by atoms with Crippen LogP contribution in [0.5, 0.6) is 0 Å². The van der Waals surface area contributed by atoms with Crippen LogP contribution in [0.2, 0.25) is 0 Å². The molecular weight excluding hydrogens is 198 g/mol. The van der Waals surface area contributed by atoms with Crippen molar-refractivity contribution in [2.24, 2.45) is 29.4 Å². The molecule has 0 spiro atoms. The fraction of sp³-hybridized carbons (Fsp3) is 1.00. The lowest BCUT2D eigenvalue weighted by Crippen LogP contribution is -2.36. The lowest BCUT2D eigenvalue weighted by molar-refractivity contribution is 0.0541. The molecule has 2 nitrogen and oxygen atoms in total. The Hall–Kier alpha value is -0.0800. The molecule has 16 heavy (non-hydrogen) atoms. The van der Waals surface area contributed by atoms with E-state index in [1.54, 1.807) is 0 Å². The summed E-state index contributed by atoms with van der Waals surface area (Å²) < 4.78 is 5.41. The summed E-state index contributed by atoms with van der Waals surface area (Å²) in [4.78, 5) is 0. The minimum Gasteiger partial charge on any atom is -0.381 e. The molecule has 2 heteroatoms. The summed E-state index contributed by atoms with van der Waals surface area (Å²) in [7, 11) is 0. The van der Waals surface area contributed by atoms with Crippen LogP contribution in [0.3, 0.4) is 0 Å². The van der Waals surface area contributed by atoms with Gasteiger partial charge in [-0.05, 0) is 62.2 Å². The van der Waals surface area contributed by atoms with Gasteiger partial charge in [-0.1, -0.05) is 6.42 Å². The Kier molecular flexibility index (Phi) is 3.21. The molecule has 4 unspecified atom stereocenters. The Balaban J connectivity index is 1.50. The number of ether oxygens (including phenoxy) is 1. The molecule has 1 aliphatic heterocycles. The molecule has 2 saturated carbocycles. The lowest BCUT2D eigenvalue weighted by Gasteiger charge is -2.31. The number of hydrogen-bond acceptors (Lipinski definition) is 2. The van der Waals surface area contributed by atoms with Gasteiger partial charge in [0.05, 0.1) is 0 Å². The van der Waals surface area contributed by atoms with Crippen LogP contribution in [-0.2, 0) is 4.74 Å². The summed E-state index contributed by atoms with van der Waals surface area (Å²) in [6, 6.07) is 0.452. The third-order valence-electron chi connectivity index (χ3n) is 5.33. The summed E-state index contributed by atoms with van der Waals surface area (Å²) >= 11 is 0. The van der Waals surface area contributed by atoms with Gasteiger partial charge >= 0.3 is 0 Å². The van der Waals surface area contributed by atoms with Crippen molar-refractivity contribution >= 4 is 0 Å². The molecule has 2 aliphatic carbocycles. The highest BCUT2D eigenvalue weighted by atomic mass is 16.5. The van der Waals surface area contributed by atoms with E-state index in [-0.39, 0.29) is 0 Å². The van der Waals surface area contributed by atoms with Gasteiger partial charge < -0.3 is 10.5 Å². The highest BCUT2D eigenvalue weighted by Gasteiger charge is 2.40. The van der Waals surface area contributed by atoms with E-state index in [1.807, 2.05) is 0 Å². The lowest BCUT2D eigenvalue weighted by atomic mass is 9.80. The average molecular weight is 223 g/mol. The first-order valence-corrected chi connectivity index (χ1v) is 7.16. The van der Waals surface area contributed by atoms with Crippen LogP contribution in [0.25, 0.3) is 0 Å². The highest BCUT2D eigenvalue weighted by molar-refractivity contribution is 4.92. The molecular formula is C14H25NO. The monoisotopic (exact) mass is 223 g/mol. The summed E-state index contributed by atoms with van der Waals surface area (Å²) in [5.74, 6) is 3.82. The molecule has 3 fully saturated rings. The predicted molar refractivity (Wildman–Crippen MR) is 65.1 cm³/mol. The van der Waals surface area contributed by atoms with E-state index in [4.69, 9.17) is 10.5 Å². The van der Waals surface area contributed by atoms with Gasteiger partial charge in [-0.2, -0.15) is 0 Å². The molecule has 2 N–H and O–H groups in total. The summed E-state index contributed by atoms with van der Waals surface area (Å²) in [6.07, 6.45) is 9.70. The summed E-state index contributed by atoms with van der Waals surface area (Å²) in [6.45, 7) is 1.88. The molecule has 1 heterocycles. The fourth-order valence-electron chi connectivity index (χ4n) is 4.35. The van der Waals surface area contributed by atoms with E-state index >= 15 is 0 Å². The minimum atomic E-state index is 0.452. The molecule has 0 radical (unpaired) electrons. The molecule has 0 aromatic rings. The van der Waals surface area contributed by atoms with E-state index in [0.29, 0.717) is 6.04 Å². The third kappa shape index (κ3) is 2.14. The van der Waals surface area contributed by atoms with Crippen molar-refractivity contribution in [3.63, 3.8) is 0 Å².